The monoisotopic (exact) mass is 355 g/mol. The molecule has 2 aliphatic carbocycles. The highest BCUT2D eigenvalue weighted by atomic mass is 16.3. The lowest BCUT2D eigenvalue weighted by atomic mass is 9.88. The topological polar surface area (TPSA) is 83.6 Å². The second kappa shape index (κ2) is 8.65. The lowest BCUT2D eigenvalue weighted by Gasteiger charge is -2.19. The molecule has 140 valence electrons. The minimum Gasteiger partial charge on any atom is -0.392 e. The fourth-order valence-corrected chi connectivity index (χ4v) is 4.44. The Labute approximate surface area is 155 Å². The van der Waals surface area contributed by atoms with Crippen LogP contribution in [0.1, 0.15) is 50.2 Å². The van der Waals surface area contributed by atoms with E-state index in [0.717, 1.165) is 37.7 Å². The van der Waals surface area contributed by atoms with Gasteiger partial charge in [-0.2, -0.15) is 0 Å². The largest absolute Gasteiger partial charge is 0.392 e. The molecule has 1 aromatic carbocycles. The van der Waals surface area contributed by atoms with E-state index in [4.69, 9.17) is 5.73 Å². The fraction of sp³-hybridized carbons (Fsp3) is 0.500. The molecule has 0 aliphatic heterocycles. The molecule has 1 saturated carbocycles. The number of carbonyl (C=O) groups is 1. The molecule has 2 aliphatic rings. The zero-order valence-corrected chi connectivity index (χ0v) is 15.1. The van der Waals surface area contributed by atoms with Crippen LogP contribution in [0.25, 0.3) is 0 Å². The van der Waals surface area contributed by atoms with Gasteiger partial charge in [-0.15, -0.1) is 0 Å². The van der Waals surface area contributed by atoms with Crippen LogP contribution in [-0.4, -0.2) is 22.2 Å². The Morgan fingerprint density at radius 3 is 2.77 bits per heavy atom. The average Bonchev–Trinajstić information content (AvgIpc) is 3.14. The summed E-state index contributed by atoms with van der Waals surface area (Å²) in [5.41, 5.74) is 7.50. The molecule has 5 atom stereocenters. The van der Waals surface area contributed by atoms with Crippen LogP contribution in [0.2, 0.25) is 0 Å². The van der Waals surface area contributed by atoms with Crippen molar-refractivity contribution in [2.24, 2.45) is 23.5 Å². The molecule has 0 spiro atoms. The Hall–Kier alpha value is -1.91. The Balaban J connectivity index is 1.54. The number of hydrogen-bond acceptors (Lipinski definition) is 3. The van der Waals surface area contributed by atoms with E-state index in [2.05, 4.69) is 6.08 Å². The number of fused-ring (bicyclic) bond motifs is 1. The second-order valence-electron chi connectivity index (χ2n) is 7.65. The summed E-state index contributed by atoms with van der Waals surface area (Å²) in [6.07, 6.45) is 10.3. The van der Waals surface area contributed by atoms with E-state index in [1.165, 1.54) is 5.57 Å². The number of hydrogen-bond donors (Lipinski definition) is 3. The fourth-order valence-electron chi connectivity index (χ4n) is 4.44. The van der Waals surface area contributed by atoms with Crippen molar-refractivity contribution in [1.82, 2.24) is 0 Å². The van der Waals surface area contributed by atoms with Crippen LogP contribution < -0.4 is 5.73 Å². The predicted molar refractivity (Wildman–Crippen MR) is 102 cm³/mol. The molecule has 1 fully saturated rings. The number of primary amides is 1. The van der Waals surface area contributed by atoms with Gasteiger partial charge in [-0.1, -0.05) is 54.1 Å². The smallest absolute Gasteiger partial charge is 0.217 e. The molecule has 4 N–H and O–H groups in total. The van der Waals surface area contributed by atoms with Crippen LogP contribution in [0.15, 0.2) is 54.1 Å². The highest BCUT2D eigenvalue weighted by molar-refractivity contribution is 5.73. The maximum absolute atomic E-state index is 10.8. The normalized spacial score (nSPS) is 28.9. The number of rotatable bonds is 8. The number of aliphatic hydroxyl groups excluding tert-OH is 2. The summed E-state index contributed by atoms with van der Waals surface area (Å²) < 4.78 is 0. The average molecular weight is 355 g/mol. The van der Waals surface area contributed by atoms with E-state index in [0.29, 0.717) is 18.3 Å². The molecular formula is C22H29NO3. The van der Waals surface area contributed by atoms with E-state index >= 15 is 0 Å². The second-order valence-corrected chi connectivity index (χ2v) is 7.65. The first-order valence-corrected chi connectivity index (χ1v) is 9.62. The summed E-state index contributed by atoms with van der Waals surface area (Å²) in [6.45, 7) is 0. The van der Waals surface area contributed by atoms with Crippen LogP contribution in [0, 0.1) is 17.8 Å². The van der Waals surface area contributed by atoms with Gasteiger partial charge < -0.3 is 15.9 Å². The highest BCUT2D eigenvalue weighted by Crippen LogP contribution is 2.48. The minimum absolute atomic E-state index is 0.0951. The third-order valence-electron chi connectivity index (χ3n) is 5.78. The van der Waals surface area contributed by atoms with Gasteiger partial charge >= 0.3 is 0 Å². The molecule has 0 saturated heterocycles. The maximum Gasteiger partial charge on any atom is 0.217 e. The van der Waals surface area contributed by atoms with Crippen LogP contribution >= 0.6 is 0 Å². The third-order valence-corrected chi connectivity index (χ3v) is 5.78. The number of unbranched alkanes of at least 4 members (excludes halogenated alkanes) is 1. The van der Waals surface area contributed by atoms with E-state index in [-0.39, 0.29) is 17.9 Å². The van der Waals surface area contributed by atoms with Crippen molar-refractivity contribution in [3.05, 3.63) is 59.7 Å². The van der Waals surface area contributed by atoms with Gasteiger partial charge in [0, 0.05) is 12.3 Å². The maximum atomic E-state index is 10.8. The molecule has 3 rings (SSSR count). The van der Waals surface area contributed by atoms with E-state index in [1.807, 2.05) is 42.5 Å². The Bertz CT molecular complexity index is 667. The molecule has 1 amide bonds. The van der Waals surface area contributed by atoms with Crippen molar-refractivity contribution in [1.29, 1.82) is 0 Å². The first-order chi connectivity index (χ1) is 12.5. The molecule has 26 heavy (non-hydrogen) atoms. The van der Waals surface area contributed by atoms with Crippen LogP contribution in [0.3, 0.4) is 0 Å². The van der Waals surface area contributed by atoms with Crippen molar-refractivity contribution in [3.63, 3.8) is 0 Å². The van der Waals surface area contributed by atoms with Gasteiger partial charge in [0.25, 0.3) is 0 Å². The highest BCUT2D eigenvalue weighted by Gasteiger charge is 2.43. The Kier molecular flexibility index (Phi) is 6.28. The van der Waals surface area contributed by atoms with Crippen molar-refractivity contribution >= 4 is 5.91 Å². The van der Waals surface area contributed by atoms with Crippen LogP contribution in [-0.2, 0) is 4.79 Å². The molecular weight excluding hydrogens is 326 g/mol. The summed E-state index contributed by atoms with van der Waals surface area (Å²) in [5, 5.41) is 20.8. The van der Waals surface area contributed by atoms with Gasteiger partial charge in [0.2, 0.25) is 5.91 Å². The minimum atomic E-state index is -0.634. The number of benzene rings is 1. The summed E-state index contributed by atoms with van der Waals surface area (Å²) in [7, 11) is 0. The number of allylic oxidation sites excluding steroid dienone is 2. The standard InChI is InChI=1S/C22H29NO3/c23-22(26)9-5-4-6-15-12-17-14-21(25)18(19(17)13-15)10-11-20(24)16-7-2-1-3-8-16/h1-3,7-8,10-12,17-21,24-25H,4-6,9,13-14H2,(H2,23,26)/t17-,18+,19-,20+,21+/m0/s1. The number of carbonyl (C=O) groups excluding carboxylic acids is 1. The molecule has 0 radical (unpaired) electrons. The molecule has 0 aromatic heterocycles. The molecule has 0 bridgehead atoms. The zero-order chi connectivity index (χ0) is 18.5. The van der Waals surface area contributed by atoms with Gasteiger partial charge in [0.15, 0.2) is 0 Å². The lowest BCUT2D eigenvalue weighted by molar-refractivity contribution is -0.118. The number of amides is 1. The van der Waals surface area contributed by atoms with Gasteiger partial charge in [0.05, 0.1) is 12.2 Å². The zero-order valence-electron chi connectivity index (χ0n) is 15.1. The van der Waals surface area contributed by atoms with Gasteiger partial charge in [0.1, 0.15) is 0 Å². The molecule has 0 unspecified atom stereocenters. The summed E-state index contributed by atoms with van der Waals surface area (Å²) in [4.78, 5) is 10.8. The summed E-state index contributed by atoms with van der Waals surface area (Å²) in [5.74, 6) is 0.723. The number of nitrogens with two attached hydrogens (primary N) is 1. The van der Waals surface area contributed by atoms with Crippen molar-refractivity contribution in [3.8, 4) is 0 Å². The van der Waals surface area contributed by atoms with Crippen LogP contribution in [0.5, 0.6) is 0 Å². The number of aliphatic hydroxyl groups is 2. The quantitative estimate of drug-likeness (QED) is 0.494. The first kappa shape index (κ1) is 18.9. The molecule has 0 heterocycles. The van der Waals surface area contributed by atoms with Crippen molar-refractivity contribution in [2.45, 2.75) is 50.7 Å². The van der Waals surface area contributed by atoms with E-state index < -0.39 is 6.10 Å². The Morgan fingerprint density at radius 1 is 1.27 bits per heavy atom. The summed E-state index contributed by atoms with van der Waals surface area (Å²) in [6, 6.07) is 9.57. The Morgan fingerprint density at radius 2 is 2.04 bits per heavy atom. The molecule has 1 aromatic rings. The van der Waals surface area contributed by atoms with Gasteiger partial charge in [-0.05, 0) is 49.5 Å². The molecule has 4 heteroatoms. The van der Waals surface area contributed by atoms with E-state index in [9.17, 15) is 15.0 Å². The molecule has 4 nitrogen and oxygen atoms in total. The van der Waals surface area contributed by atoms with E-state index in [1.54, 1.807) is 0 Å². The lowest BCUT2D eigenvalue weighted by Crippen LogP contribution is -2.17. The summed E-state index contributed by atoms with van der Waals surface area (Å²) >= 11 is 0. The SMILES string of the molecule is NC(=O)CCCCC1=C[C@H]2C[C@@H](O)[C@H](C=C[C@@H](O)c3ccccc3)[C@H]2C1. The predicted octanol–water partition coefficient (Wildman–Crippen LogP) is 3.27. The van der Waals surface area contributed by atoms with Gasteiger partial charge in [-0.25, -0.2) is 0 Å². The van der Waals surface area contributed by atoms with Gasteiger partial charge in [-0.3, -0.25) is 4.79 Å². The van der Waals surface area contributed by atoms with Crippen molar-refractivity contribution < 1.29 is 15.0 Å². The first-order valence-electron chi connectivity index (χ1n) is 9.62. The van der Waals surface area contributed by atoms with Crippen molar-refractivity contribution in [2.75, 3.05) is 0 Å². The third kappa shape index (κ3) is 4.63. The van der Waals surface area contributed by atoms with Crippen LogP contribution in [0.4, 0.5) is 0 Å².